The third kappa shape index (κ3) is 4.18. The van der Waals surface area contributed by atoms with Crippen LogP contribution < -0.4 is 0 Å². The van der Waals surface area contributed by atoms with Crippen molar-refractivity contribution >= 4 is 27.5 Å². The second-order valence-electron chi connectivity index (χ2n) is 4.15. The van der Waals surface area contributed by atoms with Gasteiger partial charge in [0.15, 0.2) is 5.78 Å². The van der Waals surface area contributed by atoms with E-state index in [1.54, 1.807) is 24.3 Å². The van der Waals surface area contributed by atoms with Crippen molar-refractivity contribution in [1.82, 2.24) is 0 Å². The fourth-order valence-electron chi connectivity index (χ4n) is 1.59. The Kier molecular flexibility index (Phi) is 4.86. The predicted molar refractivity (Wildman–Crippen MR) is 81.4 cm³/mol. The fraction of sp³-hybridized carbons (Fsp3) is 0.0588. The molecule has 0 aromatic heterocycles. The first-order chi connectivity index (χ1) is 9.65. The maximum atomic E-state index is 11.9. The van der Waals surface area contributed by atoms with Crippen LogP contribution >= 0.6 is 15.9 Å². The molecule has 0 aliphatic carbocycles. The quantitative estimate of drug-likeness (QED) is 0.490. The average Bonchev–Trinajstić information content (AvgIpc) is 2.47. The van der Waals surface area contributed by atoms with Gasteiger partial charge in [-0.15, -0.1) is 0 Å². The number of halogens is 1. The van der Waals surface area contributed by atoms with E-state index in [1.165, 1.54) is 0 Å². The Morgan fingerprint density at radius 2 is 1.60 bits per heavy atom. The smallest absolute Gasteiger partial charge is 0.213 e. The van der Waals surface area contributed by atoms with Gasteiger partial charge in [-0.25, -0.2) is 0 Å². The number of Topliss-reactive ketones (excluding diaryl/α,β-unsaturated/α-hetero) is 2. The molecule has 0 heterocycles. The van der Waals surface area contributed by atoms with Crippen LogP contribution in [0.4, 0.5) is 0 Å². The molecule has 0 radical (unpaired) electrons. The number of ketones is 2. The molecule has 0 amide bonds. The van der Waals surface area contributed by atoms with E-state index in [4.69, 9.17) is 0 Å². The molecule has 2 aromatic carbocycles. The van der Waals surface area contributed by atoms with Crippen LogP contribution in [-0.4, -0.2) is 11.6 Å². The van der Waals surface area contributed by atoms with Crippen LogP contribution in [0, 0.1) is 11.8 Å². The number of carbonyl (C=O) groups is 2. The van der Waals surface area contributed by atoms with Gasteiger partial charge >= 0.3 is 0 Å². The first-order valence-electron chi connectivity index (χ1n) is 6.04. The molecule has 0 aliphatic heterocycles. The Bertz CT molecular complexity index is 676. The van der Waals surface area contributed by atoms with Gasteiger partial charge in [0.05, 0.1) is 6.42 Å². The summed E-state index contributed by atoms with van der Waals surface area (Å²) >= 11 is 3.30. The molecular formula is C17H11BrO2. The second-order valence-corrected chi connectivity index (χ2v) is 5.06. The summed E-state index contributed by atoms with van der Waals surface area (Å²) in [6.07, 6.45) is -0.193. The summed E-state index contributed by atoms with van der Waals surface area (Å²) in [5.41, 5.74) is 1.28. The highest BCUT2D eigenvalue weighted by molar-refractivity contribution is 9.10. The van der Waals surface area contributed by atoms with E-state index in [9.17, 15) is 9.59 Å². The van der Waals surface area contributed by atoms with Gasteiger partial charge in [-0.2, -0.15) is 0 Å². The number of benzene rings is 2. The molecule has 0 saturated heterocycles. The molecule has 2 nitrogen and oxygen atoms in total. The summed E-state index contributed by atoms with van der Waals surface area (Å²) < 4.78 is 0.893. The standard InChI is InChI=1S/C17H11BrO2/c18-15-9-7-14(8-10-15)17(20)12-16(19)11-6-13-4-2-1-3-5-13/h1-5,7-10H,12H2. The van der Waals surface area contributed by atoms with Crippen molar-refractivity contribution in [3.05, 3.63) is 70.2 Å². The molecule has 0 spiro atoms. The number of carbonyl (C=O) groups excluding carboxylic acids is 2. The van der Waals surface area contributed by atoms with E-state index in [1.807, 2.05) is 30.3 Å². The predicted octanol–water partition coefficient (Wildman–Crippen LogP) is 3.64. The highest BCUT2D eigenvalue weighted by Gasteiger charge is 2.09. The third-order valence-corrected chi connectivity index (χ3v) is 3.14. The van der Waals surface area contributed by atoms with Crippen LogP contribution in [0.2, 0.25) is 0 Å². The minimum atomic E-state index is -0.373. The molecule has 0 fully saturated rings. The van der Waals surface area contributed by atoms with E-state index < -0.39 is 0 Å². The van der Waals surface area contributed by atoms with Crippen LogP contribution in [0.25, 0.3) is 0 Å². The van der Waals surface area contributed by atoms with Crippen LogP contribution in [0.1, 0.15) is 22.3 Å². The number of hydrogen-bond donors (Lipinski definition) is 0. The number of rotatable bonds is 3. The van der Waals surface area contributed by atoms with Gasteiger partial charge in [-0.05, 0) is 30.2 Å². The van der Waals surface area contributed by atoms with Crippen molar-refractivity contribution in [3.63, 3.8) is 0 Å². The molecule has 0 saturated carbocycles. The maximum absolute atomic E-state index is 11.9. The summed E-state index contributed by atoms with van der Waals surface area (Å²) in [5.74, 6) is 4.65. The molecular weight excluding hydrogens is 316 g/mol. The van der Waals surface area contributed by atoms with Gasteiger partial charge in [0.2, 0.25) is 5.78 Å². The van der Waals surface area contributed by atoms with Gasteiger partial charge < -0.3 is 0 Å². The Hall–Kier alpha value is -2.18. The van der Waals surface area contributed by atoms with Crippen molar-refractivity contribution < 1.29 is 9.59 Å². The first kappa shape index (κ1) is 14.2. The molecule has 98 valence electrons. The molecule has 0 aliphatic rings. The molecule has 2 aromatic rings. The zero-order chi connectivity index (χ0) is 14.4. The minimum Gasteiger partial charge on any atom is -0.294 e. The Labute approximate surface area is 126 Å². The highest BCUT2D eigenvalue weighted by atomic mass is 79.9. The van der Waals surface area contributed by atoms with E-state index in [2.05, 4.69) is 27.8 Å². The van der Waals surface area contributed by atoms with Crippen molar-refractivity contribution in [2.24, 2.45) is 0 Å². The lowest BCUT2D eigenvalue weighted by Gasteiger charge is -1.97. The summed E-state index contributed by atoms with van der Waals surface area (Å²) in [6, 6.07) is 16.1. The van der Waals surface area contributed by atoms with Gasteiger partial charge in [0.25, 0.3) is 0 Å². The van der Waals surface area contributed by atoms with Crippen LogP contribution in [0.5, 0.6) is 0 Å². The molecule has 20 heavy (non-hydrogen) atoms. The van der Waals surface area contributed by atoms with Gasteiger partial charge in [-0.1, -0.05) is 52.2 Å². The average molecular weight is 327 g/mol. The van der Waals surface area contributed by atoms with Crippen molar-refractivity contribution in [1.29, 1.82) is 0 Å². The fourth-order valence-corrected chi connectivity index (χ4v) is 1.86. The van der Waals surface area contributed by atoms with E-state index in [0.29, 0.717) is 5.56 Å². The monoisotopic (exact) mass is 326 g/mol. The van der Waals surface area contributed by atoms with Crippen molar-refractivity contribution in [2.75, 3.05) is 0 Å². The lowest BCUT2D eigenvalue weighted by atomic mass is 10.1. The summed E-state index contributed by atoms with van der Waals surface area (Å²) in [6.45, 7) is 0. The summed E-state index contributed by atoms with van der Waals surface area (Å²) in [4.78, 5) is 23.5. The van der Waals surface area contributed by atoms with Crippen LogP contribution in [0.3, 0.4) is 0 Å². The van der Waals surface area contributed by atoms with Crippen LogP contribution in [0.15, 0.2) is 59.1 Å². The zero-order valence-corrected chi connectivity index (χ0v) is 12.2. The van der Waals surface area contributed by atoms with E-state index >= 15 is 0 Å². The Morgan fingerprint density at radius 3 is 2.25 bits per heavy atom. The minimum absolute atomic E-state index is 0.193. The van der Waals surface area contributed by atoms with E-state index in [-0.39, 0.29) is 18.0 Å². The molecule has 3 heteroatoms. The second kappa shape index (κ2) is 6.83. The first-order valence-corrected chi connectivity index (χ1v) is 6.83. The largest absolute Gasteiger partial charge is 0.294 e. The summed E-state index contributed by atoms with van der Waals surface area (Å²) in [7, 11) is 0. The molecule has 0 atom stereocenters. The van der Waals surface area contributed by atoms with Gasteiger partial charge in [0, 0.05) is 15.6 Å². The normalized spacial score (nSPS) is 9.45. The number of hydrogen-bond acceptors (Lipinski definition) is 2. The van der Waals surface area contributed by atoms with Gasteiger partial charge in [0.1, 0.15) is 0 Å². The SMILES string of the molecule is O=C(C#Cc1ccccc1)CC(=O)c1ccc(Br)cc1. The van der Waals surface area contributed by atoms with E-state index in [0.717, 1.165) is 10.0 Å². The van der Waals surface area contributed by atoms with Crippen molar-refractivity contribution in [2.45, 2.75) is 6.42 Å². The molecule has 0 unspecified atom stereocenters. The Balaban J connectivity index is 2.00. The lowest BCUT2D eigenvalue weighted by molar-refractivity contribution is -0.113. The molecule has 2 rings (SSSR count). The molecule has 0 N–H and O–H groups in total. The summed E-state index contributed by atoms with van der Waals surface area (Å²) in [5, 5.41) is 0. The molecule has 0 bridgehead atoms. The van der Waals surface area contributed by atoms with Gasteiger partial charge in [-0.3, -0.25) is 9.59 Å². The third-order valence-electron chi connectivity index (χ3n) is 2.61. The van der Waals surface area contributed by atoms with Crippen LogP contribution in [-0.2, 0) is 4.79 Å². The van der Waals surface area contributed by atoms with Crippen molar-refractivity contribution in [3.8, 4) is 11.8 Å². The zero-order valence-electron chi connectivity index (χ0n) is 10.6. The lowest BCUT2D eigenvalue weighted by Crippen LogP contribution is -2.06. The maximum Gasteiger partial charge on any atom is 0.213 e. The highest BCUT2D eigenvalue weighted by Crippen LogP contribution is 2.12. The topological polar surface area (TPSA) is 34.1 Å². The Morgan fingerprint density at radius 1 is 0.950 bits per heavy atom.